The van der Waals surface area contributed by atoms with E-state index < -0.39 is 0 Å². The Hall–Kier alpha value is -2.38. The van der Waals surface area contributed by atoms with E-state index in [0.29, 0.717) is 18.5 Å². The van der Waals surface area contributed by atoms with Crippen molar-refractivity contribution in [3.8, 4) is 0 Å². The van der Waals surface area contributed by atoms with Gasteiger partial charge in [-0.1, -0.05) is 31.2 Å². The van der Waals surface area contributed by atoms with Gasteiger partial charge in [-0.25, -0.2) is 9.98 Å². The zero-order chi connectivity index (χ0) is 22.3. The van der Waals surface area contributed by atoms with Gasteiger partial charge in [0.15, 0.2) is 5.96 Å². The Balaban J connectivity index is 1.36. The normalized spacial score (nSPS) is 23.5. The second kappa shape index (κ2) is 11.0. The maximum Gasteiger partial charge on any atom is 0.194 e. The highest BCUT2D eigenvalue weighted by atomic mass is 15.3. The number of likely N-dealkylation sites (N-methyl/N-ethyl adjacent to an activating group) is 1. The number of hydrogen-bond acceptors (Lipinski definition) is 4. The predicted octanol–water partition coefficient (Wildman–Crippen LogP) is 2.68. The summed E-state index contributed by atoms with van der Waals surface area (Å²) in [6, 6.07) is 9.46. The molecule has 0 radical (unpaired) electrons. The van der Waals surface area contributed by atoms with Gasteiger partial charge in [-0.05, 0) is 37.4 Å². The third kappa shape index (κ3) is 5.90. The molecular weight excluding hydrogens is 398 g/mol. The number of piperidine rings is 1. The summed E-state index contributed by atoms with van der Waals surface area (Å²) in [4.78, 5) is 16.6. The molecule has 1 aromatic heterocycles. The number of likely N-dealkylation sites (tertiary alicyclic amines) is 1. The molecule has 32 heavy (non-hydrogen) atoms. The SMILES string of the molecule is CCNC(=NCc1ccc(CN2CCN(C)CC2)cc1)N1CCC(C)C(n2ccnc2)C1. The highest BCUT2D eigenvalue weighted by molar-refractivity contribution is 5.80. The Morgan fingerprint density at radius 1 is 1.09 bits per heavy atom. The first-order valence-corrected chi connectivity index (χ1v) is 12.1. The van der Waals surface area contributed by atoms with Crippen LogP contribution in [0.5, 0.6) is 0 Å². The van der Waals surface area contributed by atoms with E-state index in [4.69, 9.17) is 4.99 Å². The van der Waals surface area contributed by atoms with E-state index >= 15 is 0 Å². The average molecular weight is 438 g/mol. The molecule has 2 aliphatic rings. The smallest absolute Gasteiger partial charge is 0.194 e. The summed E-state index contributed by atoms with van der Waals surface area (Å²) in [5.41, 5.74) is 2.65. The first-order valence-electron chi connectivity index (χ1n) is 12.1. The van der Waals surface area contributed by atoms with E-state index in [1.165, 1.54) is 11.1 Å². The van der Waals surface area contributed by atoms with Gasteiger partial charge in [0.2, 0.25) is 0 Å². The molecule has 2 atom stereocenters. The van der Waals surface area contributed by atoms with Crippen LogP contribution in [-0.2, 0) is 13.1 Å². The molecule has 0 amide bonds. The fourth-order valence-electron chi connectivity index (χ4n) is 4.70. The summed E-state index contributed by atoms with van der Waals surface area (Å²) >= 11 is 0. The van der Waals surface area contributed by atoms with Crippen LogP contribution < -0.4 is 5.32 Å². The lowest BCUT2D eigenvalue weighted by Gasteiger charge is -2.39. The highest BCUT2D eigenvalue weighted by Crippen LogP contribution is 2.27. The predicted molar refractivity (Wildman–Crippen MR) is 131 cm³/mol. The number of imidazole rings is 1. The number of hydrogen-bond donors (Lipinski definition) is 1. The second-order valence-corrected chi connectivity index (χ2v) is 9.36. The largest absolute Gasteiger partial charge is 0.357 e. The molecule has 0 aliphatic carbocycles. The van der Waals surface area contributed by atoms with Crippen molar-refractivity contribution < 1.29 is 0 Å². The topological polar surface area (TPSA) is 51.9 Å². The first kappa shape index (κ1) is 22.8. The summed E-state index contributed by atoms with van der Waals surface area (Å²) in [6.07, 6.45) is 7.06. The van der Waals surface area contributed by atoms with Gasteiger partial charge in [0.1, 0.15) is 0 Å². The molecule has 2 saturated heterocycles. The maximum absolute atomic E-state index is 4.99. The zero-order valence-corrected chi connectivity index (χ0v) is 20.0. The van der Waals surface area contributed by atoms with Crippen molar-refractivity contribution in [1.29, 1.82) is 0 Å². The Bertz CT molecular complexity index is 838. The van der Waals surface area contributed by atoms with Gasteiger partial charge in [-0.3, -0.25) is 4.90 Å². The van der Waals surface area contributed by atoms with E-state index in [9.17, 15) is 0 Å². The van der Waals surface area contributed by atoms with Crippen LogP contribution in [0.2, 0.25) is 0 Å². The molecule has 1 aromatic carbocycles. The number of guanidine groups is 1. The Morgan fingerprint density at radius 3 is 2.53 bits per heavy atom. The lowest BCUT2D eigenvalue weighted by Crippen LogP contribution is -2.49. The van der Waals surface area contributed by atoms with Gasteiger partial charge in [0.05, 0.1) is 18.9 Å². The third-order valence-corrected chi connectivity index (χ3v) is 6.90. The minimum Gasteiger partial charge on any atom is -0.357 e. The molecule has 2 aromatic rings. The molecule has 7 heteroatoms. The van der Waals surface area contributed by atoms with Gasteiger partial charge in [-0.2, -0.15) is 0 Å². The number of nitrogens with zero attached hydrogens (tertiary/aromatic N) is 6. The van der Waals surface area contributed by atoms with Gasteiger partial charge in [-0.15, -0.1) is 0 Å². The molecule has 3 heterocycles. The van der Waals surface area contributed by atoms with Crippen molar-refractivity contribution in [1.82, 2.24) is 29.6 Å². The lowest BCUT2D eigenvalue weighted by atomic mass is 9.93. The number of piperazine rings is 1. The van der Waals surface area contributed by atoms with Crippen molar-refractivity contribution in [3.63, 3.8) is 0 Å². The van der Waals surface area contributed by atoms with Crippen molar-refractivity contribution in [2.24, 2.45) is 10.9 Å². The van der Waals surface area contributed by atoms with Crippen molar-refractivity contribution in [2.45, 2.75) is 39.4 Å². The zero-order valence-electron chi connectivity index (χ0n) is 20.0. The van der Waals surface area contributed by atoms with E-state index in [0.717, 1.165) is 64.7 Å². The summed E-state index contributed by atoms with van der Waals surface area (Å²) in [7, 11) is 2.21. The van der Waals surface area contributed by atoms with Crippen LogP contribution in [0.15, 0.2) is 48.0 Å². The van der Waals surface area contributed by atoms with Crippen molar-refractivity contribution in [2.75, 3.05) is 52.9 Å². The molecule has 0 spiro atoms. The van der Waals surface area contributed by atoms with Crippen LogP contribution >= 0.6 is 0 Å². The number of aromatic nitrogens is 2. The molecule has 0 saturated carbocycles. The maximum atomic E-state index is 4.99. The number of rotatable bonds is 6. The summed E-state index contributed by atoms with van der Waals surface area (Å²) in [5.74, 6) is 1.65. The molecule has 7 nitrogen and oxygen atoms in total. The molecule has 2 unspecified atom stereocenters. The standard InChI is InChI=1S/C25H39N7/c1-4-27-25(31-11-9-21(2)24(19-31)32-12-10-26-20-32)28-17-22-5-7-23(8-6-22)18-30-15-13-29(3)14-16-30/h5-8,10,12,20-21,24H,4,9,11,13-19H2,1-3H3,(H,27,28). The van der Waals surface area contributed by atoms with E-state index in [-0.39, 0.29) is 0 Å². The molecule has 2 fully saturated rings. The molecule has 4 rings (SSSR count). The van der Waals surface area contributed by atoms with Crippen molar-refractivity contribution >= 4 is 5.96 Å². The molecular formula is C25H39N7. The van der Waals surface area contributed by atoms with Gasteiger partial charge >= 0.3 is 0 Å². The third-order valence-electron chi connectivity index (χ3n) is 6.90. The van der Waals surface area contributed by atoms with Gasteiger partial charge in [0.25, 0.3) is 0 Å². The minimum atomic E-state index is 0.434. The van der Waals surface area contributed by atoms with Crippen molar-refractivity contribution in [3.05, 3.63) is 54.1 Å². The summed E-state index contributed by atoms with van der Waals surface area (Å²) < 4.78 is 2.25. The average Bonchev–Trinajstić information content (AvgIpc) is 3.34. The molecule has 2 aliphatic heterocycles. The molecule has 0 bridgehead atoms. The Labute approximate surface area is 193 Å². The first-order chi connectivity index (χ1) is 15.6. The Kier molecular flexibility index (Phi) is 7.81. The monoisotopic (exact) mass is 437 g/mol. The minimum absolute atomic E-state index is 0.434. The van der Waals surface area contributed by atoms with E-state index in [1.807, 2.05) is 12.5 Å². The Morgan fingerprint density at radius 2 is 1.84 bits per heavy atom. The van der Waals surface area contributed by atoms with Gasteiger partial charge < -0.3 is 19.7 Å². The lowest BCUT2D eigenvalue weighted by molar-refractivity contribution is 0.148. The quantitative estimate of drug-likeness (QED) is 0.556. The van der Waals surface area contributed by atoms with Crippen LogP contribution in [0.25, 0.3) is 0 Å². The molecule has 1 N–H and O–H groups in total. The fourth-order valence-corrected chi connectivity index (χ4v) is 4.70. The molecule has 174 valence electrons. The number of aliphatic imine (C=N–C) groups is 1. The number of nitrogens with one attached hydrogen (secondary N) is 1. The van der Waals surface area contributed by atoms with E-state index in [1.54, 1.807) is 0 Å². The van der Waals surface area contributed by atoms with Gasteiger partial charge in [0, 0.05) is 64.8 Å². The van der Waals surface area contributed by atoms with Crippen LogP contribution in [0.3, 0.4) is 0 Å². The van der Waals surface area contributed by atoms with Crippen LogP contribution in [0.1, 0.15) is 37.4 Å². The summed E-state index contributed by atoms with van der Waals surface area (Å²) in [6.45, 7) is 13.8. The summed E-state index contributed by atoms with van der Waals surface area (Å²) in [5, 5.41) is 3.51. The van der Waals surface area contributed by atoms with E-state index in [2.05, 4.69) is 80.9 Å². The number of benzene rings is 1. The second-order valence-electron chi connectivity index (χ2n) is 9.36. The fraction of sp³-hybridized carbons (Fsp3) is 0.600. The van der Waals surface area contributed by atoms with Crippen LogP contribution in [0.4, 0.5) is 0 Å². The van der Waals surface area contributed by atoms with Crippen LogP contribution in [-0.4, -0.2) is 83.1 Å². The highest BCUT2D eigenvalue weighted by Gasteiger charge is 2.28. The van der Waals surface area contributed by atoms with Crippen LogP contribution in [0, 0.1) is 5.92 Å².